The zero-order valence-electron chi connectivity index (χ0n) is 10.8. The number of nitrogens with two attached hydrogens (primary N) is 1. The van der Waals surface area contributed by atoms with Crippen LogP contribution in [0.1, 0.15) is 31.2 Å². The Bertz CT molecular complexity index is 411. The van der Waals surface area contributed by atoms with E-state index in [1.807, 2.05) is 18.2 Å². The zero-order valence-corrected chi connectivity index (χ0v) is 12.4. The molecule has 0 heterocycles. The number of aliphatic hydroxyl groups excluding tert-OH is 1. The fourth-order valence-electron chi connectivity index (χ4n) is 2.70. The number of hydrogen-bond donors (Lipinski definition) is 2. The zero-order chi connectivity index (χ0) is 13.1. The van der Waals surface area contributed by atoms with Gasteiger partial charge in [0.1, 0.15) is 0 Å². The molecule has 0 saturated heterocycles. The van der Waals surface area contributed by atoms with Crippen LogP contribution in [0.2, 0.25) is 0 Å². The maximum atomic E-state index is 10.1. The van der Waals surface area contributed by atoms with Gasteiger partial charge in [-0.05, 0) is 37.6 Å². The van der Waals surface area contributed by atoms with Gasteiger partial charge in [-0.1, -0.05) is 34.8 Å². The lowest BCUT2D eigenvalue weighted by atomic mass is 9.91. The van der Waals surface area contributed by atoms with E-state index in [1.54, 1.807) is 0 Å². The molecule has 1 aliphatic carbocycles. The monoisotopic (exact) mass is 312 g/mol. The minimum atomic E-state index is -0.194. The summed E-state index contributed by atoms with van der Waals surface area (Å²) in [6.07, 6.45) is 4.16. The lowest BCUT2D eigenvalue weighted by Crippen LogP contribution is -2.42. The number of halogens is 1. The van der Waals surface area contributed by atoms with Crippen LogP contribution in [-0.2, 0) is 6.54 Å². The summed E-state index contributed by atoms with van der Waals surface area (Å²) in [6.45, 7) is 0.792. The van der Waals surface area contributed by atoms with E-state index in [1.165, 1.54) is 6.42 Å². The fraction of sp³-hybridized carbons (Fsp3) is 0.571. The van der Waals surface area contributed by atoms with Crippen LogP contribution < -0.4 is 5.73 Å². The van der Waals surface area contributed by atoms with Crippen LogP contribution in [0, 0.1) is 0 Å². The third kappa shape index (κ3) is 3.25. The second kappa shape index (κ2) is 6.04. The highest BCUT2D eigenvalue weighted by Gasteiger charge is 2.26. The highest BCUT2D eigenvalue weighted by atomic mass is 79.9. The molecule has 0 aromatic heterocycles. The molecule has 0 spiro atoms. The number of rotatable bonds is 3. The summed E-state index contributed by atoms with van der Waals surface area (Å²) in [4.78, 5) is 2.23. The fourth-order valence-corrected chi connectivity index (χ4v) is 3.08. The molecular formula is C14H21BrN2O. The quantitative estimate of drug-likeness (QED) is 0.844. The Labute approximate surface area is 117 Å². The first-order valence-electron chi connectivity index (χ1n) is 6.50. The highest BCUT2D eigenvalue weighted by Crippen LogP contribution is 2.25. The number of nitrogen functional groups attached to an aromatic ring is 1. The first-order chi connectivity index (χ1) is 8.58. The number of likely N-dealkylation sites (N-methyl/N-ethyl adjacent to an activating group) is 1. The smallest absolute Gasteiger partial charge is 0.0695 e. The Balaban J connectivity index is 2.03. The molecule has 0 radical (unpaired) electrons. The van der Waals surface area contributed by atoms with E-state index in [0.29, 0.717) is 0 Å². The Kier molecular flexibility index (Phi) is 4.65. The van der Waals surface area contributed by atoms with E-state index < -0.39 is 0 Å². The molecule has 3 nitrogen and oxygen atoms in total. The average molecular weight is 313 g/mol. The van der Waals surface area contributed by atoms with Gasteiger partial charge in [-0.2, -0.15) is 0 Å². The van der Waals surface area contributed by atoms with Gasteiger partial charge in [0, 0.05) is 22.7 Å². The second-order valence-electron chi connectivity index (χ2n) is 5.18. The molecule has 1 saturated carbocycles. The Morgan fingerprint density at radius 3 is 2.78 bits per heavy atom. The van der Waals surface area contributed by atoms with Gasteiger partial charge in [-0.25, -0.2) is 0 Å². The summed E-state index contributed by atoms with van der Waals surface area (Å²) in [5.41, 5.74) is 7.95. The van der Waals surface area contributed by atoms with E-state index in [4.69, 9.17) is 5.73 Å². The average Bonchev–Trinajstić information content (AvgIpc) is 2.33. The lowest BCUT2D eigenvalue weighted by molar-refractivity contribution is 0.0289. The van der Waals surface area contributed by atoms with Crippen LogP contribution in [0.25, 0.3) is 0 Å². The molecule has 1 aliphatic rings. The van der Waals surface area contributed by atoms with Crippen molar-refractivity contribution in [2.45, 2.75) is 44.4 Å². The first-order valence-corrected chi connectivity index (χ1v) is 7.29. The number of aliphatic hydroxyl groups is 1. The minimum absolute atomic E-state index is 0.194. The maximum absolute atomic E-state index is 10.1. The van der Waals surface area contributed by atoms with Crippen LogP contribution in [-0.4, -0.2) is 29.2 Å². The van der Waals surface area contributed by atoms with Crippen LogP contribution in [0.4, 0.5) is 5.69 Å². The maximum Gasteiger partial charge on any atom is 0.0695 e. The summed E-state index contributed by atoms with van der Waals surface area (Å²) in [5.74, 6) is 0. The predicted molar refractivity (Wildman–Crippen MR) is 78.3 cm³/mol. The molecule has 3 N–H and O–H groups in total. The molecule has 1 aromatic carbocycles. The van der Waals surface area contributed by atoms with Gasteiger partial charge in [0.05, 0.1) is 6.10 Å². The lowest BCUT2D eigenvalue weighted by Gasteiger charge is -2.35. The summed E-state index contributed by atoms with van der Waals surface area (Å²) < 4.78 is 1.00. The molecule has 2 rings (SSSR count). The summed E-state index contributed by atoms with van der Waals surface area (Å²) in [7, 11) is 2.07. The van der Waals surface area contributed by atoms with Gasteiger partial charge in [0.2, 0.25) is 0 Å². The van der Waals surface area contributed by atoms with Gasteiger partial charge in [0.15, 0.2) is 0 Å². The largest absolute Gasteiger partial charge is 0.398 e. The molecule has 1 fully saturated rings. The van der Waals surface area contributed by atoms with Gasteiger partial charge in [-0.15, -0.1) is 0 Å². The Hall–Kier alpha value is -0.580. The van der Waals surface area contributed by atoms with Gasteiger partial charge in [-0.3, -0.25) is 4.90 Å². The first kappa shape index (κ1) is 13.8. The Morgan fingerprint density at radius 1 is 1.39 bits per heavy atom. The Morgan fingerprint density at radius 2 is 2.11 bits per heavy atom. The van der Waals surface area contributed by atoms with E-state index in [-0.39, 0.29) is 12.1 Å². The molecular weight excluding hydrogens is 292 g/mol. The summed E-state index contributed by atoms with van der Waals surface area (Å²) in [6, 6.07) is 6.25. The van der Waals surface area contributed by atoms with Crippen LogP contribution in [0.15, 0.2) is 22.7 Å². The molecule has 100 valence electrons. The van der Waals surface area contributed by atoms with Crippen LogP contribution >= 0.6 is 15.9 Å². The molecule has 2 atom stereocenters. The van der Waals surface area contributed by atoms with Gasteiger partial charge < -0.3 is 10.8 Å². The summed E-state index contributed by atoms with van der Waals surface area (Å²) in [5, 5.41) is 10.1. The minimum Gasteiger partial charge on any atom is -0.398 e. The predicted octanol–water partition coefficient (Wildman–Crippen LogP) is 2.77. The van der Waals surface area contributed by atoms with E-state index in [0.717, 1.165) is 41.5 Å². The molecule has 1 aromatic rings. The van der Waals surface area contributed by atoms with Crippen molar-refractivity contribution in [1.29, 1.82) is 0 Å². The number of hydrogen-bond acceptors (Lipinski definition) is 3. The topological polar surface area (TPSA) is 49.5 Å². The number of nitrogens with zero attached hydrogens (tertiary/aromatic N) is 1. The van der Waals surface area contributed by atoms with Crippen molar-refractivity contribution in [3.05, 3.63) is 28.2 Å². The van der Waals surface area contributed by atoms with Crippen LogP contribution in [0.3, 0.4) is 0 Å². The van der Waals surface area contributed by atoms with E-state index in [9.17, 15) is 5.11 Å². The molecule has 18 heavy (non-hydrogen) atoms. The third-order valence-electron chi connectivity index (χ3n) is 3.79. The molecule has 0 bridgehead atoms. The molecule has 4 heteroatoms. The molecule has 2 unspecified atom stereocenters. The number of anilines is 1. The van der Waals surface area contributed by atoms with Crippen molar-refractivity contribution in [1.82, 2.24) is 4.90 Å². The van der Waals surface area contributed by atoms with Gasteiger partial charge >= 0.3 is 0 Å². The molecule has 0 amide bonds. The van der Waals surface area contributed by atoms with E-state index in [2.05, 4.69) is 27.9 Å². The normalized spacial score (nSPS) is 24.4. The van der Waals surface area contributed by atoms with Crippen LogP contribution in [0.5, 0.6) is 0 Å². The third-order valence-corrected chi connectivity index (χ3v) is 4.28. The molecule has 0 aliphatic heterocycles. The second-order valence-corrected chi connectivity index (χ2v) is 6.09. The van der Waals surface area contributed by atoms with Crippen molar-refractivity contribution >= 4 is 21.6 Å². The number of benzene rings is 1. The van der Waals surface area contributed by atoms with E-state index >= 15 is 0 Å². The highest BCUT2D eigenvalue weighted by molar-refractivity contribution is 9.10. The van der Waals surface area contributed by atoms with Crippen molar-refractivity contribution < 1.29 is 5.11 Å². The van der Waals surface area contributed by atoms with Crippen molar-refractivity contribution in [3.8, 4) is 0 Å². The van der Waals surface area contributed by atoms with Crippen molar-refractivity contribution in [3.63, 3.8) is 0 Å². The van der Waals surface area contributed by atoms with Gasteiger partial charge in [0.25, 0.3) is 0 Å². The SMILES string of the molecule is CN(Cc1ccc(Br)cc1N)C1CCCCC1O. The summed E-state index contributed by atoms with van der Waals surface area (Å²) >= 11 is 3.42. The standard InChI is InChI=1S/C14H21BrN2O/c1-17(13-4-2-3-5-14(13)18)9-10-6-7-11(15)8-12(10)16/h6-8,13-14,18H,2-5,9,16H2,1H3. The van der Waals surface area contributed by atoms with Crippen molar-refractivity contribution in [2.24, 2.45) is 0 Å². The van der Waals surface area contributed by atoms with Crippen molar-refractivity contribution in [2.75, 3.05) is 12.8 Å².